The molecule has 1 atom stereocenters. The number of carboxylic acid groups (broad SMARTS) is 1. The molecule has 2 rings (SSSR count). The van der Waals surface area contributed by atoms with Crippen molar-refractivity contribution in [3.05, 3.63) is 10.9 Å². The molecule has 96 valence electrons. The van der Waals surface area contributed by atoms with Gasteiger partial charge in [-0.15, -0.1) is 16.4 Å². The molecule has 0 fully saturated rings. The Hall–Kier alpha value is -1.83. The highest BCUT2D eigenvalue weighted by molar-refractivity contribution is 7.07. The molecule has 2 heterocycles. The third kappa shape index (κ3) is 2.70. The van der Waals surface area contributed by atoms with Crippen LogP contribution in [0.2, 0.25) is 0 Å². The number of carboxylic acids is 1. The Bertz CT molecular complexity index is 510. The van der Waals surface area contributed by atoms with Crippen molar-refractivity contribution in [2.24, 2.45) is 0 Å². The molecule has 2 aromatic heterocycles. The molecular formula is C10H13N5O2S. The van der Waals surface area contributed by atoms with Crippen LogP contribution in [0.5, 0.6) is 0 Å². The van der Waals surface area contributed by atoms with E-state index < -0.39 is 5.97 Å². The number of aromatic nitrogens is 5. The third-order valence-electron chi connectivity index (χ3n) is 2.53. The lowest BCUT2D eigenvalue weighted by atomic mass is 10.1. The SMILES string of the molecule is CCCC(CC(=O)O)n1nnnc1-c1cscn1. The van der Waals surface area contributed by atoms with Gasteiger partial charge in [-0.1, -0.05) is 13.3 Å². The number of carbonyl (C=O) groups is 1. The average Bonchev–Trinajstić information content (AvgIpc) is 2.98. The van der Waals surface area contributed by atoms with Gasteiger partial charge in [0, 0.05) is 5.38 Å². The maximum absolute atomic E-state index is 10.9. The minimum absolute atomic E-state index is 0.00994. The van der Waals surface area contributed by atoms with Gasteiger partial charge in [-0.3, -0.25) is 4.79 Å². The van der Waals surface area contributed by atoms with Gasteiger partial charge in [0.1, 0.15) is 5.69 Å². The quantitative estimate of drug-likeness (QED) is 0.854. The second-order valence-corrected chi connectivity index (χ2v) is 4.58. The first-order chi connectivity index (χ1) is 8.72. The lowest BCUT2D eigenvalue weighted by Gasteiger charge is -2.14. The van der Waals surface area contributed by atoms with Crippen LogP contribution >= 0.6 is 11.3 Å². The molecule has 0 spiro atoms. The van der Waals surface area contributed by atoms with Crippen molar-refractivity contribution in [3.8, 4) is 11.5 Å². The van der Waals surface area contributed by atoms with Crippen LogP contribution in [0.15, 0.2) is 10.9 Å². The highest BCUT2D eigenvalue weighted by Crippen LogP contribution is 2.23. The van der Waals surface area contributed by atoms with E-state index in [0.717, 1.165) is 6.42 Å². The van der Waals surface area contributed by atoms with Gasteiger partial charge in [0.15, 0.2) is 0 Å². The molecular weight excluding hydrogens is 254 g/mol. The van der Waals surface area contributed by atoms with Crippen LogP contribution in [-0.2, 0) is 4.79 Å². The smallest absolute Gasteiger partial charge is 0.305 e. The highest BCUT2D eigenvalue weighted by Gasteiger charge is 2.21. The molecule has 0 amide bonds. The minimum atomic E-state index is -0.854. The van der Waals surface area contributed by atoms with Crippen LogP contribution in [0.25, 0.3) is 11.5 Å². The van der Waals surface area contributed by atoms with Crippen LogP contribution in [0.4, 0.5) is 0 Å². The van der Waals surface area contributed by atoms with Gasteiger partial charge in [-0.2, -0.15) is 0 Å². The van der Waals surface area contributed by atoms with Crippen molar-refractivity contribution in [3.63, 3.8) is 0 Å². The van der Waals surface area contributed by atoms with Crippen LogP contribution < -0.4 is 0 Å². The normalized spacial score (nSPS) is 12.5. The zero-order valence-corrected chi connectivity index (χ0v) is 10.7. The number of thiazole rings is 1. The molecule has 0 aromatic carbocycles. The molecule has 18 heavy (non-hydrogen) atoms. The zero-order valence-electron chi connectivity index (χ0n) is 9.85. The summed E-state index contributed by atoms with van der Waals surface area (Å²) in [5.41, 5.74) is 2.37. The summed E-state index contributed by atoms with van der Waals surface area (Å²) in [6.45, 7) is 2.00. The summed E-state index contributed by atoms with van der Waals surface area (Å²) in [7, 11) is 0. The predicted molar refractivity (Wildman–Crippen MR) is 65.1 cm³/mol. The van der Waals surface area contributed by atoms with Crippen molar-refractivity contribution in [2.45, 2.75) is 32.2 Å². The summed E-state index contributed by atoms with van der Waals surface area (Å²) in [5.74, 6) is -0.330. The zero-order chi connectivity index (χ0) is 13.0. The number of aliphatic carboxylic acids is 1. The number of rotatable bonds is 6. The van der Waals surface area contributed by atoms with Gasteiger partial charge in [0.05, 0.1) is 18.0 Å². The van der Waals surface area contributed by atoms with Gasteiger partial charge in [-0.05, 0) is 16.8 Å². The molecule has 2 aromatic rings. The standard InChI is InChI=1S/C10H13N5O2S/c1-2-3-7(4-9(16)17)15-10(12-13-14-15)8-5-18-6-11-8/h5-7H,2-4H2,1H3,(H,16,17). The molecule has 1 N–H and O–H groups in total. The second kappa shape index (κ2) is 5.67. The number of nitrogens with zero attached hydrogens (tertiary/aromatic N) is 5. The Morgan fingerprint density at radius 3 is 3.06 bits per heavy atom. The summed E-state index contributed by atoms with van der Waals surface area (Å²) in [6, 6.07) is -0.237. The predicted octanol–water partition coefficient (Wildman–Crippen LogP) is 1.61. The largest absolute Gasteiger partial charge is 0.481 e. The second-order valence-electron chi connectivity index (χ2n) is 3.86. The van der Waals surface area contributed by atoms with Crippen molar-refractivity contribution in [2.75, 3.05) is 0 Å². The lowest BCUT2D eigenvalue weighted by molar-refractivity contribution is -0.138. The lowest BCUT2D eigenvalue weighted by Crippen LogP contribution is -2.16. The summed E-state index contributed by atoms with van der Waals surface area (Å²) in [6.07, 6.45) is 1.60. The molecule has 0 aliphatic rings. The highest BCUT2D eigenvalue weighted by atomic mass is 32.1. The van der Waals surface area contributed by atoms with Gasteiger partial charge in [0.2, 0.25) is 5.82 Å². The van der Waals surface area contributed by atoms with Crippen LogP contribution in [-0.4, -0.2) is 36.3 Å². The molecule has 8 heteroatoms. The molecule has 0 bridgehead atoms. The van der Waals surface area contributed by atoms with Gasteiger partial charge >= 0.3 is 5.97 Å². The monoisotopic (exact) mass is 267 g/mol. The first kappa shape index (κ1) is 12.6. The third-order valence-corrected chi connectivity index (χ3v) is 3.12. The Morgan fingerprint density at radius 2 is 2.44 bits per heavy atom. The maximum Gasteiger partial charge on any atom is 0.305 e. The molecule has 1 unspecified atom stereocenters. The number of hydrogen-bond donors (Lipinski definition) is 1. The van der Waals surface area contributed by atoms with E-state index in [1.807, 2.05) is 12.3 Å². The van der Waals surface area contributed by atoms with E-state index in [1.54, 1.807) is 10.2 Å². The van der Waals surface area contributed by atoms with Gasteiger partial charge in [0.25, 0.3) is 0 Å². The fourth-order valence-corrected chi connectivity index (χ4v) is 2.31. The fourth-order valence-electron chi connectivity index (χ4n) is 1.78. The summed E-state index contributed by atoms with van der Waals surface area (Å²) >= 11 is 1.45. The van der Waals surface area contributed by atoms with E-state index in [4.69, 9.17) is 5.11 Å². The molecule has 0 saturated heterocycles. The van der Waals surface area contributed by atoms with Crippen molar-refractivity contribution < 1.29 is 9.90 Å². The number of tetrazole rings is 1. The first-order valence-electron chi connectivity index (χ1n) is 5.60. The van der Waals surface area contributed by atoms with Crippen molar-refractivity contribution >= 4 is 17.3 Å². The Labute approximate surface area is 107 Å². The average molecular weight is 267 g/mol. The molecule has 7 nitrogen and oxygen atoms in total. The van der Waals surface area contributed by atoms with Crippen LogP contribution in [0.3, 0.4) is 0 Å². The van der Waals surface area contributed by atoms with E-state index >= 15 is 0 Å². The van der Waals surface area contributed by atoms with E-state index in [-0.39, 0.29) is 12.5 Å². The van der Waals surface area contributed by atoms with Crippen LogP contribution in [0, 0.1) is 0 Å². The Balaban J connectivity index is 2.30. The molecule has 0 aliphatic carbocycles. The van der Waals surface area contributed by atoms with Crippen molar-refractivity contribution in [1.29, 1.82) is 0 Å². The Kier molecular flexibility index (Phi) is 3.98. The fraction of sp³-hybridized carbons (Fsp3) is 0.500. The Morgan fingerprint density at radius 1 is 1.61 bits per heavy atom. The summed E-state index contributed by atoms with van der Waals surface area (Å²) < 4.78 is 1.56. The molecule has 0 radical (unpaired) electrons. The van der Waals surface area contributed by atoms with Gasteiger partial charge in [-0.25, -0.2) is 9.67 Å². The minimum Gasteiger partial charge on any atom is -0.481 e. The van der Waals surface area contributed by atoms with Crippen molar-refractivity contribution in [1.82, 2.24) is 25.2 Å². The summed E-state index contributed by atoms with van der Waals surface area (Å²) in [5, 5.41) is 22.2. The van der Waals surface area contributed by atoms with E-state index in [9.17, 15) is 4.79 Å². The maximum atomic E-state index is 10.9. The number of hydrogen-bond acceptors (Lipinski definition) is 6. The topological polar surface area (TPSA) is 93.8 Å². The summed E-state index contributed by atoms with van der Waals surface area (Å²) in [4.78, 5) is 15.0. The van der Waals surface area contributed by atoms with E-state index in [2.05, 4.69) is 20.5 Å². The van der Waals surface area contributed by atoms with Crippen LogP contribution in [0.1, 0.15) is 32.2 Å². The molecule has 0 saturated carbocycles. The van der Waals surface area contributed by atoms with E-state index in [1.165, 1.54) is 11.3 Å². The van der Waals surface area contributed by atoms with E-state index in [0.29, 0.717) is 17.9 Å². The van der Waals surface area contributed by atoms with Gasteiger partial charge < -0.3 is 5.11 Å². The first-order valence-corrected chi connectivity index (χ1v) is 6.54. The molecule has 0 aliphatic heterocycles.